The van der Waals surface area contributed by atoms with Crippen LogP contribution in [0.1, 0.15) is 41.4 Å². The topological polar surface area (TPSA) is 34.0 Å². The molecule has 0 bridgehead atoms. The summed E-state index contributed by atoms with van der Waals surface area (Å²) in [7, 11) is 0. The number of amides is 1. The summed E-state index contributed by atoms with van der Waals surface area (Å²) >= 11 is 6.09. The van der Waals surface area contributed by atoms with Gasteiger partial charge in [0.1, 0.15) is 5.69 Å². The molecule has 0 saturated heterocycles. The molecule has 1 heterocycles. The largest absolute Gasteiger partial charge is 0.336 e. The van der Waals surface area contributed by atoms with Gasteiger partial charge in [-0.3, -0.25) is 4.79 Å². The van der Waals surface area contributed by atoms with Crippen molar-refractivity contribution in [1.82, 2.24) is 4.57 Å². The number of anilines is 1. The number of carbonyl (C=O) groups excluding carboxylic acids is 1. The minimum Gasteiger partial charge on any atom is -0.336 e. The molecular weight excluding hydrogens is 332 g/mol. The Morgan fingerprint density at radius 3 is 2.68 bits per heavy atom. The predicted molar refractivity (Wildman–Crippen MR) is 106 cm³/mol. The van der Waals surface area contributed by atoms with Crippen LogP contribution in [0.3, 0.4) is 0 Å². The van der Waals surface area contributed by atoms with Crippen LogP contribution in [0, 0.1) is 13.8 Å². The molecule has 0 radical (unpaired) electrons. The lowest BCUT2D eigenvalue weighted by molar-refractivity contribution is 0.101. The third kappa shape index (κ3) is 3.42. The summed E-state index contributed by atoms with van der Waals surface area (Å²) in [6, 6.07) is 13.7. The molecule has 130 valence electrons. The van der Waals surface area contributed by atoms with Crippen molar-refractivity contribution in [2.24, 2.45) is 0 Å². The molecule has 2 aromatic carbocycles. The first-order valence-electron chi connectivity index (χ1n) is 8.68. The van der Waals surface area contributed by atoms with E-state index in [-0.39, 0.29) is 5.91 Å². The first-order chi connectivity index (χ1) is 12.0. The van der Waals surface area contributed by atoms with Crippen molar-refractivity contribution >= 4 is 34.1 Å². The van der Waals surface area contributed by atoms with Gasteiger partial charge >= 0.3 is 0 Å². The number of fused-ring (bicyclic) bond motifs is 1. The Morgan fingerprint density at radius 2 is 1.92 bits per heavy atom. The van der Waals surface area contributed by atoms with Crippen LogP contribution in [0.25, 0.3) is 10.9 Å². The summed E-state index contributed by atoms with van der Waals surface area (Å²) < 4.78 is 2.14. The van der Waals surface area contributed by atoms with Gasteiger partial charge < -0.3 is 9.88 Å². The van der Waals surface area contributed by atoms with Gasteiger partial charge in [-0.15, -0.1) is 0 Å². The standard InChI is InChI=1S/C21H23ClN2O/c1-4-5-12-24-19-9-7-6-8-17(19)15(3)20(24)21(25)23-18-13-16(22)11-10-14(18)2/h6-11,13H,4-5,12H2,1-3H3,(H,23,25). The summed E-state index contributed by atoms with van der Waals surface area (Å²) in [5, 5.41) is 4.79. The molecule has 0 spiro atoms. The first-order valence-corrected chi connectivity index (χ1v) is 9.06. The van der Waals surface area contributed by atoms with E-state index in [0.717, 1.165) is 52.8 Å². The number of nitrogens with zero attached hydrogens (tertiary/aromatic N) is 1. The third-order valence-corrected chi connectivity index (χ3v) is 4.86. The molecule has 1 aromatic heterocycles. The van der Waals surface area contributed by atoms with Gasteiger partial charge in [0, 0.05) is 28.2 Å². The van der Waals surface area contributed by atoms with E-state index in [1.165, 1.54) is 0 Å². The van der Waals surface area contributed by atoms with Gasteiger partial charge in [0.25, 0.3) is 5.91 Å². The molecule has 4 heteroatoms. The average molecular weight is 355 g/mol. The van der Waals surface area contributed by atoms with Gasteiger partial charge in [-0.25, -0.2) is 0 Å². The number of para-hydroxylation sites is 1. The van der Waals surface area contributed by atoms with Crippen LogP contribution in [0.15, 0.2) is 42.5 Å². The van der Waals surface area contributed by atoms with Crippen molar-refractivity contribution in [2.45, 2.75) is 40.2 Å². The second-order valence-corrected chi connectivity index (χ2v) is 6.85. The Bertz CT molecular complexity index is 927. The number of aromatic nitrogens is 1. The monoisotopic (exact) mass is 354 g/mol. The smallest absolute Gasteiger partial charge is 0.272 e. The Morgan fingerprint density at radius 1 is 1.16 bits per heavy atom. The van der Waals surface area contributed by atoms with Crippen molar-refractivity contribution in [1.29, 1.82) is 0 Å². The molecular formula is C21H23ClN2O. The van der Waals surface area contributed by atoms with Crippen LogP contribution in [0.5, 0.6) is 0 Å². The quantitative estimate of drug-likeness (QED) is 0.602. The van der Waals surface area contributed by atoms with Gasteiger partial charge in [-0.2, -0.15) is 0 Å². The fourth-order valence-electron chi connectivity index (χ4n) is 3.23. The lowest BCUT2D eigenvalue weighted by atomic mass is 10.1. The van der Waals surface area contributed by atoms with Crippen LogP contribution in [-0.2, 0) is 6.54 Å². The van der Waals surface area contributed by atoms with E-state index in [1.807, 2.05) is 38.1 Å². The first kappa shape index (κ1) is 17.6. The van der Waals surface area contributed by atoms with E-state index in [0.29, 0.717) is 5.02 Å². The Kier molecular flexibility index (Phi) is 5.14. The minimum atomic E-state index is -0.0878. The van der Waals surface area contributed by atoms with E-state index < -0.39 is 0 Å². The van der Waals surface area contributed by atoms with Gasteiger partial charge in [-0.05, 0) is 49.6 Å². The SMILES string of the molecule is CCCCn1c(C(=O)Nc2cc(Cl)ccc2C)c(C)c2ccccc21. The van der Waals surface area contributed by atoms with Crippen LogP contribution in [0.2, 0.25) is 5.02 Å². The molecule has 0 fully saturated rings. The highest BCUT2D eigenvalue weighted by Gasteiger charge is 2.20. The number of benzene rings is 2. The van der Waals surface area contributed by atoms with E-state index in [4.69, 9.17) is 11.6 Å². The number of halogens is 1. The molecule has 0 aliphatic rings. The highest BCUT2D eigenvalue weighted by atomic mass is 35.5. The highest BCUT2D eigenvalue weighted by Crippen LogP contribution is 2.28. The molecule has 3 aromatic rings. The van der Waals surface area contributed by atoms with Gasteiger partial charge in [0.15, 0.2) is 0 Å². The van der Waals surface area contributed by atoms with Crippen LogP contribution in [0.4, 0.5) is 5.69 Å². The fraction of sp³-hybridized carbons (Fsp3) is 0.286. The van der Waals surface area contributed by atoms with Crippen LogP contribution < -0.4 is 5.32 Å². The Hall–Kier alpha value is -2.26. The number of unbranched alkanes of at least 4 members (excludes halogenated alkanes) is 1. The molecule has 0 atom stereocenters. The second kappa shape index (κ2) is 7.32. The van der Waals surface area contributed by atoms with Gasteiger partial charge in [-0.1, -0.05) is 49.2 Å². The lowest BCUT2D eigenvalue weighted by Gasteiger charge is -2.13. The summed E-state index contributed by atoms with van der Waals surface area (Å²) in [4.78, 5) is 13.1. The lowest BCUT2D eigenvalue weighted by Crippen LogP contribution is -2.19. The number of aryl methyl sites for hydroxylation is 3. The van der Waals surface area contributed by atoms with Crippen molar-refractivity contribution in [3.8, 4) is 0 Å². The molecule has 0 aliphatic carbocycles. The van der Waals surface area contributed by atoms with Crippen molar-refractivity contribution in [3.63, 3.8) is 0 Å². The van der Waals surface area contributed by atoms with E-state index in [2.05, 4.69) is 28.9 Å². The molecule has 0 aliphatic heterocycles. The summed E-state index contributed by atoms with van der Waals surface area (Å²) in [6.45, 7) is 6.98. The number of hydrogen-bond acceptors (Lipinski definition) is 1. The number of rotatable bonds is 5. The zero-order chi connectivity index (χ0) is 18.0. The maximum Gasteiger partial charge on any atom is 0.272 e. The van der Waals surface area contributed by atoms with Crippen LogP contribution in [-0.4, -0.2) is 10.5 Å². The fourth-order valence-corrected chi connectivity index (χ4v) is 3.40. The molecule has 1 N–H and O–H groups in total. The molecule has 3 nitrogen and oxygen atoms in total. The number of nitrogens with one attached hydrogen (secondary N) is 1. The van der Waals surface area contributed by atoms with Crippen LogP contribution >= 0.6 is 11.6 Å². The minimum absolute atomic E-state index is 0.0878. The van der Waals surface area contributed by atoms with Crippen molar-refractivity contribution < 1.29 is 4.79 Å². The average Bonchev–Trinajstić information content (AvgIpc) is 2.89. The normalized spacial score (nSPS) is 11.0. The second-order valence-electron chi connectivity index (χ2n) is 6.41. The summed E-state index contributed by atoms with van der Waals surface area (Å²) in [6.07, 6.45) is 2.12. The van der Waals surface area contributed by atoms with E-state index >= 15 is 0 Å². The molecule has 3 rings (SSSR count). The highest BCUT2D eigenvalue weighted by molar-refractivity contribution is 6.31. The van der Waals surface area contributed by atoms with Crippen molar-refractivity contribution in [3.05, 3.63) is 64.3 Å². The summed E-state index contributed by atoms with van der Waals surface area (Å²) in [5.74, 6) is -0.0878. The zero-order valence-electron chi connectivity index (χ0n) is 14.9. The molecule has 1 amide bonds. The van der Waals surface area contributed by atoms with Gasteiger partial charge in [0.05, 0.1) is 0 Å². The van der Waals surface area contributed by atoms with Crippen molar-refractivity contribution in [2.75, 3.05) is 5.32 Å². The van der Waals surface area contributed by atoms with E-state index in [1.54, 1.807) is 6.07 Å². The zero-order valence-corrected chi connectivity index (χ0v) is 15.7. The molecule has 25 heavy (non-hydrogen) atoms. The number of carbonyl (C=O) groups is 1. The van der Waals surface area contributed by atoms with E-state index in [9.17, 15) is 4.79 Å². The maximum atomic E-state index is 13.1. The number of hydrogen-bond donors (Lipinski definition) is 1. The molecule has 0 unspecified atom stereocenters. The Balaban J connectivity index is 2.05. The molecule has 0 saturated carbocycles. The van der Waals surface area contributed by atoms with Gasteiger partial charge in [0.2, 0.25) is 0 Å². The third-order valence-electron chi connectivity index (χ3n) is 4.62. The predicted octanol–water partition coefficient (Wildman–Crippen LogP) is 5.96. The Labute approximate surface area is 153 Å². The maximum absolute atomic E-state index is 13.1. The summed E-state index contributed by atoms with van der Waals surface area (Å²) in [5.41, 5.74) is 4.61.